The van der Waals surface area contributed by atoms with E-state index in [4.69, 9.17) is 17.6 Å². The van der Waals surface area contributed by atoms with Gasteiger partial charge in [-0.05, 0) is 87.9 Å². The van der Waals surface area contributed by atoms with Crippen molar-refractivity contribution in [3.05, 3.63) is 247 Å². The third kappa shape index (κ3) is 8.82. The Morgan fingerprint density at radius 3 is 1.83 bits per heavy atom. The maximum absolute atomic E-state index is 9.63. The minimum atomic E-state index is -2.18. The van der Waals surface area contributed by atoms with Crippen LogP contribution in [0.5, 0.6) is 0 Å². The molecule has 6 heteroatoms. The normalized spacial score (nSPS) is 12.6. The van der Waals surface area contributed by atoms with Crippen LogP contribution in [-0.2, 0) is 20.1 Å². The van der Waals surface area contributed by atoms with Crippen LogP contribution in [0.3, 0.4) is 0 Å². The van der Waals surface area contributed by atoms with Gasteiger partial charge in [0.25, 0.3) is 0 Å². The first-order valence-electron chi connectivity index (χ1n) is 25.1. The van der Waals surface area contributed by atoms with Crippen LogP contribution < -0.4 is 0 Å². The van der Waals surface area contributed by atoms with Crippen molar-refractivity contribution in [2.24, 2.45) is 0 Å². The van der Waals surface area contributed by atoms with Crippen LogP contribution in [0.15, 0.2) is 223 Å². The smallest absolute Gasteiger partial charge is 0.122 e. The van der Waals surface area contributed by atoms with Crippen molar-refractivity contribution >= 4 is 33.0 Å². The summed E-state index contributed by atoms with van der Waals surface area (Å²) in [6.45, 7) is -4.34. The Kier molecular flexibility index (Phi) is 10.6. The third-order valence-electron chi connectivity index (χ3n) is 12.0. The minimum Gasteiger partial charge on any atom is -0.500 e. The van der Waals surface area contributed by atoms with Crippen molar-refractivity contribution < 1.29 is 32.7 Å². The van der Waals surface area contributed by atoms with Crippen LogP contribution in [0, 0.1) is 37.2 Å². The topological polar surface area (TPSA) is 67.6 Å². The molecule has 0 aliphatic carbocycles. The van der Waals surface area contributed by atoms with Gasteiger partial charge in [-0.2, -0.15) is 5.26 Å². The van der Waals surface area contributed by atoms with Gasteiger partial charge in [-0.15, -0.1) is 53.6 Å². The second kappa shape index (κ2) is 19.4. The zero-order valence-corrected chi connectivity index (χ0v) is 39.2. The van der Waals surface area contributed by atoms with Crippen LogP contribution in [-0.4, -0.2) is 14.5 Å². The van der Waals surface area contributed by atoms with Crippen LogP contribution in [0.1, 0.15) is 24.9 Å². The molecule has 69 heavy (non-hydrogen) atoms. The molecule has 0 bridgehead atoms. The summed E-state index contributed by atoms with van der Waals surface area (Å²) in [5.41, 5.74) is 15.9. The first-order valence-corrected chi connectivity index (χ1v) is 22.1. The Balaban J connectivity index is 0.000000258. The third-order valence-corrected chi connectivity index (χ3v) is 12.0. The molecule has 0 fully saturated rings. The Bertz CT molecular complexity index is 3900. The van der Waals surface area contributed by atoms with Crippen LogP contribution in [0.4, 0.5) is 0 Å². The molecule has 331 valence electrons. The Hall–Kier alpha value is -8.46. The summed E-state index contributed by atoms with van der Waals surface area (Å²) in [4.78, 5) is 9.40. The quantitative estimate of drug-likeness (QED) is 0.149. The number of aryl methyl sites for hydroxylation is 2. The van der Waals surface area contributed by atoms with Gasteiger partial charge in [-0.1, -0.05) is 163 Å². The van der Waals surface area contributed by atoms with E-state index in [9.17, 15) is 5.26 Å². The number of pyridine rings is 1. The van der Waals surface area contributed by atoms with Gasteiger partial charge < -0.3 is 14.0 Å². The molecule has 0 unspecified atom stereocenters. The first kappa shape index (κ1) is 37.6. The number of furan rings is 1. The summed E-state index contributed by atoms with van der Waals surface area (Å²) in [6.07, 6.45) is 1.30. The van der Waals surface area contributed by atoms with Gasteiger partial charge in [0.2, 0.25) is 0 Å². The summed E-state index contributed by atoms with van der Waals surface area (Å²) >= 11 is 0. The van der Waals surface area contributed by atoms with E-state index < -0.39 is 13.7 Å². The zero-order valence-electron chi connectivity index (χ0n) is 42.8. The summed E-state index contributed by atoms with van der Waals surface area (Å²) in [5, 5.41) is 11.5. The van der Waals surface area contributed by atoms with Crippen LogP contribution in [0.25, 0.3) is 106 Å². The van der Waals surface area contributed by atoms with Crippen molar-refractivity contribution in [1.29, 1.82) is 5.26 Å². The predicted molar refractivity (Wildman–Crippen MR) is 277 cm³/mol. The maximum Gasteiger partial charge on any atom is 0.122 e. The van der Waals surface area contributed by atoms with Crippen molar-refractivity contribution in [2.75, 3.05) is 0 Å². The number of benzene rings is 9. The Morgan fingerprint density at radius 2 is 1.20 bits per heavy atom. The molecule has 0 atom stereocenters. The minimum absolute atomic E-state index is 0. The molecule has 5 nitrogen and oxygen atoms in total. The van der Waals surface area contributed by atoms with Gasteiger partial charge in [0.15, 0.2) is 0 Å². The van der Waals surface area contributed by atoms with Crippen molar-refractivity contribution in [1.82, 2.24) is 14.5 Å². The van der Waals surface area contributed by atoms with E-state index in [0.29, 0.717) is 28.0 Å². The number of aromatic nitrogens is 3. The predicted octanol–water partition coefficient (Wildman–Crippen LogP) is 16.1. The van der Waals surface area contributed by atoms with Gasteiger partial charge in [-0.25, -0.2) is 0 Å². The maximum atomic E-state index is 9.63. The average Bonchev–Trinajstić information content (AvgIpc) is 4.02. The van der Waals surface area contributed by atoms with Gasteiger partial charge >= 0.3 is 0 Å². The molecule has 0 saturated heterocycles. The van der Waals surface area contributed by atoms with Crippen molar-refractivity contribution in [3.8, 4) is 78.9 Å². The Morgan fingerprint density at radius 1 is 0.580 bits per heavy atom. The number of nitriles is 1. The fourth-order valence-electron chi connectivity index (χ4n) is 8.74. The van der Waals surface area contributed by atoms with Crippen LogP contribution in [0.2, 0.25) is 0 Å². The van der Waals surface area contributed by atoms with E-state index in [2.05, 4.69) is 167 Å². The van der Waals surface area contributed by atoms with Crippen LogP contribution >= 0.6 is 0 Å². The van der Waals surface area contributed by atoms with Gasteiger partial charge in [-0.3, -0.25) is 4.98 Å². The fraction of sp³-hybridized carbons (Fsp3) is 0.0317. The SMILES string of the molecule is N#Cc1ccc2c(c1)oc1c(-c3nc4ccccc4n3-c3c(-c4ccccc4)cc(-c4ccc(-c5ccccc5)cc4)cc3-c3ccccc3)[c-]ccc12.[2H]C([2H])([2H])c1c[c-]c(-c2ccc(C([2H])([2H])[2H])cn2)cc1.[Ir]. The molecule has 9 aromatic carbocycles. The van der Waals surface area contributed by atoms with Gasteiger partial charge in [0.05, 0.1) is 39.8 Å². The van der Waals surface area contributed by atoms with Gasteiger partial charge in [0, 0.05) is 51.0 Å². The standard InChI is InChI=1S/C50H30N3O.C13H12N.Ir/c51-32-33-23-28-40-41-19-12-20-42(49(41)54-47(40)29-33)50-52-45-21-10-11-22-46(45)53(50)48-43(37-15-6-2-7-16-37)30-39(31-44(48)38-17-8-3-9-18-38)36-26-24-35(25-27-36)34-13-4-1-5-14-34;1-10-3-6-12(7-4-10)13-8-5-11(2)9-14-13;/h1-19,21-31H;3-6,8-9H,1-2H3;/q2*-1;/i;1D3,2D3;. The average molecular weight is 1070 g/mol. The van der Waals surface area contributed by atoms with E-state index in [1.54, 1.807) is 18.2 Å². The number of para-hydroxylation sites is 2. The van der Waals surface area contributed by atoms with E-state index in [1.807, 2.05) is 36.4 Å². The number of imidazole rings is 1. The Labute approximate surface area is 423 Å². The number of rotatable bonds is 7. The second-order valence-electron chi connectivity index (χ2n) is 16.3. The zero-order chi connectivity index (χ0) is 51.0. The van der Waals surface area contributed by atoms with E-state index in [-0.39, 0.29) is 31.2 Å². The first-order chi connectivity index (χ1) is 35.9. The number of hydrogen-bond acceptors (Lipinski definition) is 4. The molecular formula is C63H42IrN4O-2. The number of hydrogen-bond donors (Lipinski definition) is 0. The summed E-state index contributed by atoms with van der Waals surface area (Å²) in [6, 6.07) is 79.1. The van der Waals surface area contributed by atoms with E-state index in [0.717, 1.165) is 72.3 Å². The van der Waals surface area contributed by atoms with E-state index in [1.165, 1.54) is 35.5 Å². The molecule has 1 radical (unpaired) electrons. The van der Waals surface area contributed by atoms with Crippen molar-refractivity contribution in [3.63, 3.8) is 0 Å². The molecule has 12 rings (SSSR count). The number of fused-ring (bicyclic) bond motifs is 4. The molecule has 0 spiro atoms. The summed E-state index contributed by atoms with van der Waals surface area (Å²) in [7, 11) is 0. The largest absolute Gasteiger partial charge is 0.500 e. The molecule has 0 aliphatic rings. The fourth-order valence-corrected chi connectivity index (χ4v) is 8.74. The number of nitrogens with zero attached hydrogens (tertiary/aromatic N) is 4. The molecule has 0 N–H and O–H groups in total. The molecule has 3 aromatic heterocycles. The van der Waals surface area contributed by atoms with Crippen molar-refractivity contribution in [2.45, 2.75) is 13.7 Å². The molecular weight excluding hydrogens is 1020 g/mol. The molecule has 0 aliphatic heterocycles. The van der Waals surface area contributed by atoms with Gasteiger partial charge in [0.1, 0.15) is 5.58 Å². The second-order valence-corrected chi connectivity index (χ2v) is 16.3. The molecule has 12 aromatic rings. The van der Waals surface area contributed by atoms with E-state index >= 15 is 0 Å². The molecule has 0 amide bonds. The monoisotopic (exact) mass is 1070 g/mol. The summed E-state index contributed by atoms with van der Waals surface area (Å²) in [5.74, 6) is 0.718. The summed E-state index contributed by atoms with van der Waals surface area (Å²) < 4.78 is 52.5. The molecule has 0 saturated carbocycles. The molecule has 3 heterocycles.